The topological polar surface area (TPSA) is 54.0 Å². The molecule has 2 rings (SSSR count). The number of anilines is 2. The predicted octanol–water partition coefficient (Wildman–Crippen LogP) is 4.09. The van der Waals surface area contributed by atoms with Gasteiger partial charge in [0.2, 0.25) is 0 Å². The molecule has 0 saturated carbocycles. The molecule has 2 N–H and O–H groups in total. The van der Waals surface area contributed by atoms with Gasteiger partial charge in [-0.2, -0.15) is 0 Å². The van der Waals surface area contributed by atoms with Crippen LogP contribution in [0.5, 0.6) is 0 Å². The number of rotatable bonds is 7. The molecule has 1 amide bonds. The van der Waals surface area contributed by atoms with E-state index in [1.165, 1.54) is 11.1 Å². The van der Waals surface area contributed by atoms with E-state index >= 15 is 0 Å². The molecule has 0 saturated heterocycles. The van der Waals surface area contributed by atoms with E-state index in [0.29, 0.717) is 12.1 Å². The van der Waals surface area contributed by atoms with Crippen molar-refractivity contribution in [2.75, 3.05) is 11.9 Å². The van der Waals surface area contributed by atoms with Gasteiger partial charge in [0, 0.05) is 18.4 Å². The van der Waals surface area contributed by atoms with Crippen LogP contribution in [0.1, 0.15) is 48.7 Å². The number of amides is 1. The van der Waals surface area contributed by atoms with E-state index in [9.17, 15) is 4.79 Å². The van der Waals surface area contributed by atoms with Crippen molar-refractivity contribution in [2.24, 2.45) is 0 Å². The molecule has 1 aromatic heterocycles. The number of pyridine rings is 1. The van der Waals surface area contributed by atoms with Gasteiger partial charge in [-0.3, -0.25) is 9.78 Å². The second-order valence-corrected chi connectivity index (χ2v) is 5.50. The van der Waals surface area contributed by atoms with Gasteiger partial charge in [-0.1, -0.05) is 39.0 Å². The second kappa shape index (κ2) is 8.32. The quantitative estimate of drug-likeness (QED) is 0.810. The van der Waals surface area contributed by atoms with E-state index in [1.807, 2.05) is 13.0 Å². The first-order valence-electron chi connectivity index (χ1n) is 8.30. The highest BCUT2D eigenvalue weighted by Gasteiger charge is 2.09. The van der Waals surface area contributed by atoms with Crippen molar-refractivity contribution in [3.05, 3.63) is 53.3 Å². The zero-order valence-electron chi connectivity index (χ0n) is 14.1. The Morgan fingerprint density at radius 3 is 2.39 bits per heavy atom. The van der Waals surface area contributed by atoms with Crippen LogP contribution in [0.3, 0.4) is 0 Å². The second-order valence-electron chi connectivity index (χ2n) is 5.50. The number of benzene rings is 1. The maximum atomic E-state index is 12.1. The lowest BCUT2D eigenvalue weighted by Gasteiger charge is -2.15. The highest BCUT2D eigenvalue weighted by Crippen LogP contribution is 2.26. The van der Waals surface area contributed by atoms with Crippen molar-refractivity contribution in [3.8, 4) is 0 Å². The molecule has 0 aliphatic heterocycles. The number of nitrogens with one attached hydrogen (secondary N) is 2. The van der Waals surface area contributed by atoms with Gasteiger partial charge in [-0.05, 0) is 36.5 Å². The van der Waals surface area contributed by atoms with Crippen LogP contribution in [0.2, 0.25) is 0 Å². The number of hydrogen-bond acceptors (Lipinski definition) is 3. The van der Waals surface area contributed by atoms with Crippen LogP contribution in [-0.4, -0.2) is 17.4 Å². The van der Waals surface area contributed by atoms with Crippen molar-refractivity contribution in [2.45, 2.75) is 40.0 Å². The third-order valence-corrected chi connectivity index (χ3v) is 3.80. The number of hydrogen-bond donors (Lipinski definition) is 2. The van der Waals surface area contributed by atoms with Crippen molar-refractivity contribution >= 4 is 17.3 Å². The van der Waals surface area contributed by atoms with Crippen LogP contribution in [-0.2, 0) is 12.8 Å². The average Bonchev–Trinajstić information content (AvgIpc) is 2.60. The number of para-hydroxylation sites is 1. The minimum absolute atomic E-state index is 0.0810. The Morgan fingerprint density at radius 1 is 1.09 bits per heavy atom. The highest BCUT2D eigenvalue weighted by atomic mass is 16.1. The third kappa shape index (κ3) is 4.31. The molecule has 4 heteroatoms. The molecule has 0 aliphatic carbocycles. The molecule has 1 aromatic carbocycles. The molecule has 4 nitrogen and oxygen atoms in total. The molecule has 0 aliphatic rings. The zero-order chi connectivity index (χ0) is 16.7. The lowest BCUT2D eigenvalue weighted by molar-refractivity contribution is 0.0953. The standard InChI is InChI=1S/C19H25N3O/c1-4-10-21-19(23)16-11-17(13-20-12-16)22-18-14(5-2)8-7-9-15(18)6-3/h7-9,11-13,22H,4-6,10H2,1-3H3,(H,21,23). The first kappa shape index (κ1) is 17.0. The summed E-state index contributed by atoms with van der Waals surface area (Å²) < 4.78 is 0. The van der Waals surface area contributed by atoms with E-state index < -0.39 is 0 Å². The molecule has 0 radical (unpaired) electrons. The van der Waals surface area contributed by atoms with Gasteiger partial charge >= 0.3 is 0 Å². The van der Waals surface area contributed by atoms with E-state index in [0.717, 1.165) is 30.6 Å². The molecule has 1 heterocycles. The normalized spacial score (nSPS) is 10.4. The Bertz CT molecular complexity index is 645. The Morgan fingerprint density at radius 2 is 1.78 bits per heavy atom. The molecule has 122 valence electrons. The first-order chi connectivity index (χ1) is 11.2. The average molecular weight is 311 g/mol. The smallest absolute Gasteiger partial charge is 0.252 e. The lowest BCUT2D eigenvalue weighted by atomic mass is 10.0. The summed E-state index contributed by atoms with van der Waals surface area (Å²) in [5.74, 6) is -0.0810. The Kier molecular flexibility index (Phi) is 6.15. The fourth-order valence-electron chi connectivity index (χ4n) is 2.52. The van der Waals surface area contributed by atoms with E-state index in [4.69, 9.17) is 0 Å². The van der Waals surface area contributed by atoms with Gasteiger partial charge in [-0.15, -0.1) is 0 Å². The highest BCUT2D eigenvalue weighted by molar-refractivity contribution is 5.94. The SMILES string of the molecule is CCCNC(=O)c1cncc(Nc2c(CC)cccc2CC)c1. The van der Waals surface area contributed by atoms with Crippen LogP contribution in [0.25, 0.3) is 0 Å². The molecule has 0 spiro atoms. The Labute approximate surface area is 138 Å². The molecular weight excluding hydrogens is 286 g/mol. The summed E-state index contributed by atoms with van der Waals surface area (Å²) in [5, 5.41) is 6.33. The number of aryl methyl sites for hydroxylation is 2. The van der Waals surface area contributed by atoms with E-state index in [-0.39, 0.29) is 5.91 Å². The van der Waals surface area contributed by atoms with Gasteiger partial charge < -0.3 is 10.6 Å². The molecule has 0 fully saturated rings. The van der Waals surface area contributed by atoms with Crippen molar-refractivity contribution < 1.29 is 4.79 Å². The Hall–Kier alpha value is -2.36. The molecule has 0 bridgehead atoms. The van der Waals surface area contributed by atoms with Crippen molar-refractivity contribution in [1.82, 2.24) is 10.3 Å². The monoisotopic (exact) mass is 311 g/mol. The van der Waals surface area contributed by atoms with Crippen molar-refractivity contribution in [3.63, 3.8) is 0 Å². The maximum Gasteiger partial charge on any atom is 0.252 e. The minimum atomic E-state index is -0.0810. The number of carbonyl (C=O) groups excluding carboxylic acids is 1. The van der Waals surface area contributed by atoms with Gasteiger partial charge in [0.05, 0.1) is 17.4 Å². The molecule has 2 aromatic rings. The van der Waals surface area contributed by atoms with Crippen LogP contribution < -0.4 is 10.6 Å². The summed E-state index contributed by atoms with van der Waals surface area (Å²) in [6.45, 7) is 7.00. The molecule has 0 atom stereocenters. The van der Waals surface area contributed by atoms with Gasteiger partial charge in [0.1, 0.15) is 0 Å². The van der Waals surface area contributed by atoms with E-state index in [1.54, 1.807) is 12.4 Å². The molecule has 23 heavy (non-hydrogen) atoms. The largest absolute Gasteiger partial charge is 0.354 e. The fraction of sp³-hybridized carbons (Fsp3) is 0.368. The van der Waals surface area contributed by atoms with Crippen molar-refractivity contribution in [1.29, 1.82) is 0 Å². The number of aromatic nitrogens is 1. The maximum absolute atomic E-state index is 12.1. The molecular formula is C19H25N3O. The lowest BCUT2D eigenvalue weighted by Crippen LogP contribution is -2.24. The van der Waals surface area contributed by atoms with Gasteiger partial charge in [0.25, 0.3) is 5.91 Å². The summed E-state index contributed by atoms with van der Waals surface area (Å²) in [7, 11) is 0. The summed E-state index contributed by atoms with van der Waals surface area (Å²) in [6, 6.07) is 8.21. The number of carbonyl (C=O) groups is 1. The third-order valence-electron chi connectivity index (χ3n) is 3.80. The summed E-state index contributed by atoms with van der Waals surface area (Å²) in [6.07, 6.45) is 6.19. The zero-order valence-corrected chi connectivity index (χ0v) is 14.1. The van der Waals surface area contributed by atoms with Crippen LogP contribution in [0.4, 0.5) is 11.4 Å². The first-order valence-corrected chi connectivity index (χ1v) is 8.30. The fourth-order valence-corrected chi connectivity index (χ4v) is 2.52. The van der Waals surface area contributed by atoms with Gasteiger partial charge in [0.15, 0.2) is 0 Å². The van der Waals surface area contributed by atoms with Gasteiger partial charge in [-0.25, -0.2) is 0 Å². The molecule has 0 unspecified atom stereocenters. The van der Waals surface area contributed by atoms with Crippen LogP contribution in [0, 0.1) is 0 Å². The van der Waals surface area contributed by atoms with Crippen LogP contribution >= 0.6 is 0 Å². The predicted molar refractivity (Wildman–Crippen MR) is 95.3 cm³/mol. The van der Waals surface area contributed by atoms with E-state index in [2.05, 4.69) is 47.7 Å². The Balaban J connectivity index is 2.26. The van der Waals surface area contributed by atoms with Crippen LogP contribution in [0.15, 0.2) is 36.7 Å². The summed E-state index contributed by atoms with van der Waals surface area (Å²) in [4.78, 5) is 16.3. The summed E-state index contributed by atoms with van der Waals surface area (Å²) >= 11 is 0. The summed E-state index contributed by atoms with van der Waals surface area (Å²) in [5.41, 5.74) is 5.08. The minimum Gasteiger partial charge on any atom is -0.354 e. The number of nitrogens with zero attached hydrogens (tertiary/aromatic N) is 1.